The molecule has 0 amide bonds. The zero-order valence-corrected chi connectivity index (χ0v) is 6.39. The van der Waals surface area contributed by atoms with Crippen molar-refractivity contribution in [1.82, 2.24) is 0 Å². The van der Waals surface area contributed by atoms with Gasteiger partial charge in [-0.1, -0.05) is 22.6 Å². The Balaban J connectivity index is 2.26. The molecule has 0 aromatic heterocycles. The first-order chi connectivity index (χ1) is 3.29. The van der Waals surface area contributed by atoms with Crippen LogP contribution in [0.4, 0.5) is 0 Å². The van der Waals surface area contributed by atoms with Crippen molar-refractivity contribution < 1.29 is 0 Å². The molecule has 0 aliphatic heterocycles. The first kappa shape index (κ1) is 5.82. The number of hydrogen-bond acceptors (Lipinski definition) is 1. The van der Waals surface area contributed by atoms with E-state index in [0.717, 1.165) is 3.92 Å². The molecule has 0 aromatic carbocycles. The Kier molecular flexibility index (Phi) is 1.92. The Hall–Kier alpha value is 0.690. The number of halogens is 1. The maximum absolute atomic E-state index is 5.62. The van der Waals surface area contributed by atoms with Gasteiger partial charge in [-0.2, -0.15) is 0 Å². The lowest BCUT2D eigenvalue weighted by molar-refractivity contribution is 0.707. The van der Waals surface area contributed by atoms with Crippen molar-refractivity contribution in [3.8, 4) is 0 Å². The Bertz CT molecular complexity index is 57.1. The summed E-state index contributed by atoms with van der Waals surface area (Å²) < 4.78 is 0.868. The van der Waals surface area contributed by atoms with Gasteiger partial charge >= 0.3 is 0 Å². The van der Waals surface area contributed by atoms with Crippen LogP contribution in [-0.2, 0) is 0 Å². The predicted octanol–water partition coefficient (Wildman–Crippen LogP) is 1.30. The highest BCUT2D eigenvalue weighted by molar-refractivity contribution is 14.1. The second-order valence-corrected chi connectivity index (χ2v) is 3.93. The van der Waals surface area contributed by atoms with Gasteiger partial charge in [0.05, 0.1) is 0 Å². The van der Waals surface area contributed by atoms with Crippen LogP contribution in [0.5, 0.6) is 0 Å². The zero-order valence-electron chi connectivity index (χ0n) is 4.23. The molecule has 1 fully saturated rings. The van der Waals surface area contributed by atoms with Crippen LogP contribution in [0.1, 0.15) is 19.3 Å². The van der Waals surface area contributed by atoms with Crippen LogP contribution < -0.4 is 5.73 Å². The van der Waals surface area contributed by atoms with E-state index >= 15 is 0 Å². The van der Waals surface area contributed by atoms with Gasteiger partial charge in [0.1, 0.15) is 0 Å². The minimum absolute atomic E-state index is 0.516. The van der Waals surface area contributed by atoms with Crippen molar-refractivity contribution >= 4 is 22.6 Å². The SMILES string of the molecule is N[C@@H]1CC[C@H](I)C1. The van der Waals surface area contributed by atoms with Crippen LogP contribution in [0.3, 0.4) is 0 Å². The number of alkyl halides is 1. The van der Waals surface area contributed by atoms with E-state index in [0.29, 0.717) is 6.04 Å². The lowest BCUT2D eigenvalue weighted by Crippen LogP contribution is -2.14. The van der Waals surface area contributed by atoms with Crippen LogP contribution in [-0.4, -0.2) is 9.97 Å². The Morgan fingerprint density at radius 2 is 2.14 bits per heavy atom. The average molecular weight is 211 g/mol. The van der Waals surface area contributed by atoms with Crippen molar-refractivity contribution in [3.05, 3.63) is 0 Å². The molecule has 1 saturated carbocycles. The molecule has 0 saturated heterocycles. The van der Waals surface area contributed by atoms with Gasteiger partial charge in [-0.3, -0.25) is 0 Å². The van der Waals surface area contributed by atoms with E-state index in [4.69, 9.17) is 5.73 Å². The number of hydrogen-bond donors (Lipinski definition) is 1. The lowest BCUT2D eigenvalue weighted by Gasteiger charge is -1.95. The highest BCUT2D eigenvalue weighted by Gasteiger charge is 2.17. The van der Waals surface area contributed by atoms with Crippen molar-refractivity contribution in [2.75, 3.05) is 0 Å². The molecule has 0 unspecified atom stereocenters. The quantitative estimate of drug-likeness (QED) is 0.474. The minimum atomic E-state index is 0.516. The van der Waals surface area contributed by atoms with E-state index in [1.807, 2.05) is 0 Å². The normalized spacial score (nSPS) is 42.0. The van der Waals surface area contributed by atoms with Gasteiger partial charge in [0.2, 0.25) is 0 Å². The molecular weight excluding hydrogens is 201 g/mol. The molecule has 0 bridgehead atoms. The van der Waals surface area contributed by atoms with Crippen molar-refractivity contribution in [3.63, 3.8) is 0 Å². The topological polar surface area (TPSA) is 26.0 Å². The summed E-state index contributed by atoms with van der Waals surface area (Å²) in [4.78, 5) is 0. The van der Waals surface area contributed by atoms with E-state index < -0.39 is 0 Å². The fraction of sp³-hybridized carbons (Fsp3) is 1.00. The Labute approximate surface area is 57.8 Å². The standard InChI is InChI=1S/C5H10IN/c6-4-1-2-5(7)3-4/h4-5H,1-3,7H2/t4-,5+/m0/s1. The summed E-state index contributed by atoms with van der Waals surface area (Å²) in [6, 6.07) is 0.516. The van der Waals surface area contributed by atoms with E-state index in [1.54, 1.807) is 0 Å². The maximum Gasteiger partial charge on any atom is 0.0125 e. The van der Waals surface area contributed by atoms with E-state index in [-0.39, 0.29) is 0 Å². The van der Waals surface area contributed by atoms with Crippen LogP contribution in [0.2, 0.25) is 0 Å². The van der Waals surface area contributed by atoms with E-state index in [9.17, 15) is 0 Å². The summed E-state index contributed by atoms with van der Waals surface area (Å²) >= 11 is 2.47. The van der Waals surface area contributed by atoms with Gasteiger partial charge in [0.25, 0.3) is 0 Å². The molecule has 1 aliphatic carbocycles. The van der Waals surface area contributed by atoms with Crippen molar-refractivity contribution in [1.29, 1.82) is 0 Å². The van der Waals surface area contributed by atoms with Crippen LogP contribution in [0.15, 0.2) is 0 Å². The molecule has 1 aliphatic rings. The van der Waals surface area contributed by atoms with Crippen LogP contribution in [0, 0.1) is 0 Å². The van der Waals surface area contributed by atoms with E-state index in [1.165, 1.54) is 19.3 Å². The summed E-state index contributed by atoms with van der Waals surface area (Å²) in [7, 11) is 0. The minimum Gasteiger partial charge on any atom is -0.328 e. The maximum atomic E-state index is 5.62. The molecule has 0 radical (unpaired) electrons. The lowest BCUT2D eigenvalue weighted by atomic mass is 10.3. The highest BCUT2D eigenvalue weighted by atomic mass is 127. The smallest absolute Gasteiger partial charge is 0.0125 e. The molecular formula is C5H10IN. The summed E-state index contributed by atoms with van der Waals surface area (Å²) in [5.41, 5.74) is 5.62. The molecule has 42 valence electrons. The third-order valence-electron chi connectivity index (χ3n) is 1.41. The van der Waals surface area contributed by atoms with Crippen molar-refractivity contribution in [2.24, 2.45) is 5.73 Å². The summed E-state index contributed by atoms with van der Waals surface area (Å²) in [6.07, 6.45) is 3.82. The molecule has 0 spiro atoms. The molecule has 2 N–H and O–H groups in total. The monoisotopic (exact) mass is 211 g/mol. The summed E-state index contributed by atoms with van der Waals surface area (Å²) in [6.45, 7) is 0. The van der Waals surface area contributed by atoms with Gasteiger partial charge in [-0.05, 0) is 19.3 Å². The molecule has 1 nitrogen and oxygen atoms in total. The van der Waals surface area contributed by atoms with Crippen molar-refractivity contribution in [2.45, 2.75) is 29.2 Å². The third kappa shape index (κ3) is 1.57. The van der Waals surface area contributed by atoms with Crippen LogP contribution in [0.25, 0.3) is 0 Å². The molecule has 1 rings (SSSR count). The Morgan fingerprint density at radius 1 is 1.43 bits per heavy atom. The van der Waals surface area contributed by atoms with E-state index in [2.05, 4.69) is 22.6 Å². The summed E-state index contributed by atoms with van der Waals surface area (Å²) in [5.74, 6) is 0. The predicted molar refractivity (Wildman–Crippen MR) is 39.6 cm³/mol. The van der Waals surface area contributed by atoms with Crippen LogP contribution >= 0.6 is 22.6 Å². The van der Waals surface area contributed by atoms with Gasteiger partial charge in [0.15, 0.2) is 0 Å². The fourth-order valence-corrected chi connectivity index (χ4v) is 1.97. The second kappa shape index (κ2) is 2.31. The third-order valence-corrected chi connectivity index (χ3v) is 2.54. The first-order valence-corrected chi connectivity index (χ1v) is 3.93. The van der Waals surface area contributed by atoms with Gasteiger partial charge < -0.3 is 5.73 Å². The second-order valence-electron chi connectivity index (χ2n) is 2.17. The number of nitrogens with two attached hydrogens (primary N) is 1. The van der Waals surface area contributed by atoms with Gasteiger partial charge in [-0.15, -0.1) is 0 Å². The molecule has 2 atom stereocenters. The number of rotatable bonds is 0. The Morgan fingerprint density at radius 3 is 2.29 bits per heavy atom. The molecule has 2 heteroatoms. The highest BCUT2D eigenvalue weighted by Crippen LogP contribution is 2.23. The zero-order chi connectivity index (χ0) is 5.28. The fourth-order valence-electron chi connectivity index (χ4n) is 0.959. The summed E-state index contributed by atoms with van der Waals surface area (Å²) in [5, 5.41) is 0. The first-order valence-electron chi connectivity index (χ1n) is 2.68. The van der Waals surface area contributed by atoms with Gasteiger partial charge in [0, 0.05) is 9.97 Å². The molecule has 0 aromatic rings. The average Bonchev–Trinajstić information content (AvgIpc) is 1.87. The molecule has 0 heterocycles. The molecule has 7 heavy (non-hydrogen) atoms. The van der Waals surface area contributed by atoms with Gasteiger partial charge in [-0.25, -0.2) is 0 Å². The largest absolute Gasteiger partial charge is 0.328 e.